The molecule has 0 fully saturated rings. The van der Waals surface area contributed by atoms with E-state index in [9.17, 15) is 18.4 Å². The van der Waals surface area contributed by atoms with Crippen LogP contribution in [0.15, 0.2) is 66.7 Å². The van der Waals surface area contributed by atoms with Crippen molar-refractivity contribution in [3.63, 3.8) is 0 Å². The summed E-state index contributed by atoms with van der Waals surface area (Å²) in [6.07, 6.45) is 0. The Labute approximate surface area is 198 Å². The van der Waals surface area contributed by atoms with Gasteiger partial charge in [-0.2, -0.15) is 0 Å². The SMILES string of the molecule is Cc1ccc(C(N)=O)cc1Nc1nc(-c2ccc(F)cc2F)c(C(=O)NCc2ccccc2)s1. The lowest BCUT2D eigenvalue weighted by Crippen LogP contribution is -2.22. The van der Waals surface area contributed by atoms with Gasteiger partial charge < -0.3 is 16.4 Å². The van der Waals surface area contributed by atoms with Gasteiger partial charge in [-0.25, -0.2) is 13.8 Å². The summed E-state index contributed by atoms with van der Waals surface area (Å²) in [5.74, 6) is -2.60. The third-order valence-corrected chi connectivity index (χ3v) is 6.05. The molecule has 0 aliphatic heterocycles. The lowest BCUT2D eigenvalue weighted by atomic mass is 10.1. The number of hydrogen-bond acceptors (Lipinski definition) is 5. The van der Waals surface area contributed by atoms with Crippen LogP contribution < -0.4 is 16.4 Å². The predicted octanol–water partition coefficient (Wildman–Crippen LogP) is 5.17. The second kappa shape index (κ2) is 9.80. The summed E-state index contributed by atoms with van der Waals surface area (Å²) in [6.45, 7) is 2.10. The van der Waals surface area contributed by atoms with Crippen molar-refractivity contribution in [2.45, 2.75) is 13.5 Å². The molecule has 6 nitrogen and oxygen atoms in total. The molecular formula is C25H20F2N4O2S. The Morgan fingerprint density at radius 1 is 1.03 bits per heavy atom. The monoisotopic (exact) mass is 478 g/mol. The lowest BCUT2D eigenvalue weighted by molar-refractivity contribution is 0.0954. The molecule has 4 N–H and O–H groups in total. The molecule has 0 spiro atoms. The highest BCUT2D eigenvalue weighted by Crippen LogP contribution is 2.35. The number of aryl methyl sites for hydroxylation is 1. The number of benzene rings is 3. The Hall–Kier alpha value is -4.11. The topological polar surface area (TPSA) is 97.1 Å². The van der Waals surface area contributed by atoms with Gasteiger partial charge in [-0.15, -0.1) is 0 Å². The smallest absolute Gasteiger partial charge is 0.264 e. The number of thiazole rings is 1. The van der Waals surface area contributed by atoms with Crippen molar-refractivity contribution in [3.05, 3.63) is 99.9 Å². The number of aromatic nitrogens is 1. The summed E-state index contributed by atoms with van der Waals surface area (Å²) < 4.78 is 28.1. The number of hydrogen-bond donors (Lipinski definition) is 3. The first-order valence-corrected chi connectivity index (χ1v) is 11.1. The van der Waals surface area contributed by atoms with Crippen LogP contribution in [0.3, 0.4) is 0 Å². The molecule has 0 aliphatic carbocycles. The van der Waals surface area contributed by atoms with E-state index in [1.54, 1.807) is 18.2 Å². The van der Waals surface area contributed by atoms with Crippen LogP contribution in [-0.4, -0.2) is 16.8 Å². The summed E-state index contributed by atoms with van der Waals surface area (Å²) in [4.78, 5) is 29.2. The number of nitrogens with zero attached hydrogens (tertiary/aromatic N) is 1. The quantitative estimate of drug-likeness (QED) is 0.341. The number of rotatable bonds is 7. The molecule has 1 heterocycles. The lowest BCUT2D eigenvalue weighted by Gasteiger charge is -2.08. The molecular weight excluding hydrogens is 458 g/mol. The van der Waals surface area contributed by atoms with Crippen molar-refractivity contribution in [2.75, 3.05) is 5.32 Å². The number of nitrogens with two attached hydrogens (primary N) is 1. The molecule has 4 rings (SSSR count). The molecule has 3 aromatic carbocycles. The Morgan fingerprint density at radius 2 is 1.79 bits per heavy atom. The predicted molar refractivity (Wildman–Crippen MR) is 128 cm³/mol. The van der Waals surface area contributed by atoms with E-state index >= 15 is 0 Å². The number of carbonyl (C=O) groups excluding carboxylic acids is 2. The first-order valence-electron chi connectivity index (χ1n) is 10.3. The van der Waals surface area contributed by atoms with Crippen LogP contribution in [0.25, 0.3) is 11.3 Å². The van der Waals surface area contributed by atoms with Gasteiger partial charge in [0.2, 0.25) is 5.91 Å². The average molecular weight is 479 g/mol. The van der Waals surface area contributed by atoms with Crippen LogP contribution in [0.2, 0.25) is 0 Å². The van der Waals surface area contributed by atoms with Crippen molar-refractivity contribution >= 4 is 34.0 Å². The van der Waals surface area contributed by atoms with Gasteiger partial charge in [-0.3, -0.25) is 9.59 Å². The van der Waals surface area contributed by atoms with Gasteiger partial charge in [0, 0.05) is 29.4 Å². The summed E-state index contributed by atoms with van der Waals surface area (Å²) in [5.41, 5.74) is 8.03. The van der Waals surface area contributed by atoms with E-state index in [2.05, 4.69) is 15.6 Å². The van der Waals surface area contributed by atoms with Gasteiger partial charge in [0.15, 0.2) is 5.13 Å². The largest absolute Gasteiger partial charge is 0.366 e. The zero-order valence-electron chi connectivity index (χ0n) is 18.1. The summed E-state index contributed by atoms with van der Waals surface area (Å²) in [7, 11) is 0. The van der Waals surface area contributed by atoms with Crippen LogP contribution in [0, 0.1) is 18.6 Å². The fourth-order valence-electron chi connectivity index (χ4n) is 3.28. The second-order valence-electron chi connectivity index (χ2n) is 7.51. The summed E-state index contributed by atoms with van der Waals surface area (Å²) in [6, 6.07) is 17.3. The number of carbonyl (C=O) groups is 2. The third-order valence-electron chi connectivity index (χ3n) is 5.08. The Morgan fingerprint density at radius 3 is 2.50 bits per heavy atom. The molecule has 1 aromatic heterocycles. The first-order chi connectivity index (χ1) is 16.3. The zero-order chi connectivity index (χ0) is 24.2. The van der Waals surface area contributed by atoms with Gasteiger partial charge in [0.1, 0.15) is 16.5 Å². The van der Waals surface area contributed by atoms with Gasteiger partial charge in [-0.1, -0.05) is 47.7 Å². The maximum absolute atomic E-state index is 14.6. The minimum Gasteiger partial charge on any atom is -0.366 e. The van der Waals surface area contributed by atoms with Crippen LogP contribution >= 0.6 is 11.3 Å². The Balaban J connectivity index is 1.70. The van der Waals surface area contributed by atoms with Gasteiger partial charge >= 0.3 is 0 Å². The molecule has 0 radical (unpaired) electrons. The standard InChI is InChI=1S/C25H20F2N4O2S/c1-14-7-8-16(23(28)32)11-20(14)30-25-31-21(18-10-9-17(26)12-19(18)27)22(34-25)24(33)29-13-15-5-3-2-4-6-15/h2-12H,13H2,1H3,(H2,28,32)(H,29,33)(H,30,31). The first kappa shape index (κ1) is 23.1. The minimum atomic E-state index is -0.833. The molecule has 0 saturated heterocycles. The fraction of sp³-hybridized carbons (Fsp3) is 0.0800. The number of halogens is 2. The normalized spacial score (nSPS) is 10.7. The van der Waals surface area contributed by atoms with Gasteiger partial charge in [0.05, 0.1) is 5.69 Å². The van der Waals surface area contributed by atoms with Crippen LogP contribution in [0.5, 0.6) is 0 Å². The van der Waals surface area contributed by atoms with Gasteiger partial charge in [-0.05, 0) is 42.3 Å². The highest BCUT2D eigenvalue weighted by atomic mass is 32.1. The Bertz CT molecular complexity index is 1370. The molecule has 0 aliphatic rings. The minimum absolute atomic E-state index is 0.00169. The highest BCUT2D eigenvalue weighted by molar-refractivity contribution is 7.18. The summed E-state index contributed by atoms with van der Waals surface area (Å²) in [5, 5.41) is 6.19. The third kappa shape index (κ3) is 5.10. The fourth-order valence-corrected chi connectivity index (χ4v) is 4.18. The van der Waals surface area contributed by atoms with Gasteiger partial charge in [0.25, 0.3) is 5.91 Å². The van der Waals surface area contributed by atoms with Crippen LogP contribution in [0.4, 0.5) is 19.6 Å². The van der Waals surface area contributed by atoms with E-state index in [1.807, 2.05) is 37.3 Å². The van der Waals surface area contributed by atoms with E-state index in [1.165, 1.54) is 6.07 Å². The molecule has 4 aromatic rings. The molecule has 34 heavy (non-hydrogen) atoms. The Kier molecular flexibility index (Phi) is 6.65. The van der Waals surface area contributed by atoms with Crippen LogP contribution in [0.1, 0.15) is 31.2 Å². The maximum Gasteiger partial charge on any atom is 0.264 e. The molecule has 9 heteroatoms. The van der Waals surface area contributed by atoms with E-state index < -0.39 is 23.4 Å². The van der Waals surface area contributed by atoms with Crippen molar-refractivity contribution in [3.8, 4) is 11.3 Å². The number of anilines is 2. The molecule has 172 valence electrons. The number of amides is 2. The molecule has 0 saturated carbocycles. The van der Waals surface area contributed by atoms with E-state index in [4.69, 9.17) is 5.73 Å². The summed E-state index contributed by atoms with van der Waals surface area (Å²) >= 11 is 1.02. The van der Waals surface area contributed by atoms with E-state index in [-0.39, 0.29) is 22.7 Å². The average Bonchev–Trinajstić information content (AvgIpc) is 3.23. The maximum atomic E-state index is 14.6. The van der Waals surface area contributed by atoms with Crippen molar-refractivity contribution in [2.24, 2.45) is 5.73 Å². The highest BCUT2D eigenvalue weighted by Gasteiger charge is 2.22. The second-order valence-corrected chi connectivity index (χ2v) is 8.51. The van der Waals surface area contributed by atoms with Crippen molar-refractivity contribution in [1.29, 1.82) is 0 Å². The molecule has 2 amide bonds. The van der Waals surface area contributed by atoms with Crippen molar-refractivity contribution in [1.82, 2.24) is 10.3 Å². The molecule has 0 unspecified atom stereocenters. The van der Waals surface area contributed by atoms with Crippen molar-refractivity contribution < 1.29 is 18.4 Å². The number of nitrogens with one attached hydrogen (secondary N) is 2. The molecule has 0 atom stereocenters. The van der Waals surface area contributed by atoms with Crippen LogP contribution in [-0.2, 0) is 6.54 Å². The number of primary amides is 1. The van der Waals surface area contributed by atoms with E-state index in [0.717, 1.165) is 34.6 Å². The molecule has 0 bridgehead atoms. The zero-order valence-corrected chi connectivity index (χ0v) is 18.9. The van der Waals surface area contributed by atoms with E-state index in [0.29, 0.717) is 16.4 Å².